The van der Waals surface area contributed by atoms with Gasteiger partial charge in [0.1, 0.15) is 11.5 Å². The SMILES string of the molecule is C1CCC2C3=C(O3)C2C1. The number of ether oxygens (including phenoxy) is 1. The highest BCUT2D eigenvalue weighted by Crippen LogP contribution is 2.60. The third-order valence-electron chi connectivity index (χ3n) is 2.86. The van der Waals surface area contributed by atoms with E-state index in [0.29, 0.717) is 0 Å². The number of hydrogen-bond acceptors (Lipinski definition) is 1. The van der Waals surface area contributed by atoms with Crippen molar-refractivity contribution < 1.29 is 4.74 Å². The second-order valence-electron chi connectivity index (χ2n) is 3.33. The van der Waals surface area contributed by atoms with Crippen molar-refractivity contribution >= 4 is 0 Å². The maximum absolute atomic E-state index is 5.31. The van der Waals surface area contributed by atoms with Crippen LogP contribution in [-0.2, 0) is 4.74 Å². The van der Waals surface area contributed by atoms with Gasteiger partial charge in [0, 0.05) is 11.8 Å². The minimum absolute atomic E-state index is 0.883. The summed E-state index contributed by atoms with van der Waals surface area (Å²) in [6, 6.07) is 0. The molecule has 0 aromatic carbocycles. The Morgan fingerprint density at radius 3 is 2.11 bits per heavy atom. The lowest BCUT2D eigenvalue weighted by molar-refractivity contribution is 0.304. The van der Waals surface area contributed by atoms with Gasteiger partial charge < -0.3 is 4.74 Å². The van der Waals surface area contributed by atoms with Gasteiger partial charge in [0.25, 0.3) is 0 Å². The highest BCUT2D eigenvalue weighted by molar-refractivity contribution is 5.36. The predicted molar refractivity (Wildman–Crippen MR) is 33.6 cm³/mol. The fraction of sp³-hybridized carbons (Fsp3) is 0.750. The zero-order chi connectivity index (χ0) is 5.84. The molecule has 1 fully saturated rings. The van der Waals surface area contributed by atoms with E-state index in [1.165, 1.54) is 37.2 Å². The van der Waals surface area contributed by atoms with Gasteiger partial charge in [-0.2, -0.15) is 0 Å². The van der Waals surface area contributed by atoms with Crippen molar-refractivity contribution in [3.8, 4) is 0 Å². The fourth-order valence-electron chi connectivity index (χ4n) is 2.27. The van der Waals surface area contributed by atoms with Crippen LogP contribution < -0.4 is 0 Å². The minimum atomic E-state index is 0.883. The summed E-state index contributed by atoms with van der Waals surface area (Å²) in [6.45, 7) is 0. The van der Waals surface area contributed by atoms with Crippen LogP contribution >= 0.6 is 0 Å². The van der Waals surface area contributed by atoms with E-state index in [1.54, 1.807) is 0 Å². The molecule has 9 heavy (non-hydrogen) atoms. The summed E-state index contributed by atoms with van der Waals surface area (Å²) in [5.41, 5.74) is 0. The topological polar surface area (TPSA) is 12.5 Å². The van der Waals surface area contributed by atoms with Gasteiger partial charge >= 0.3 is 0 Å². The maximum Gasteiger partial charge on any atom is 0.146 e. The van der Waals surface area contributed by atoms with Gasteiger partial charge in [-0.3, -0.25) is 0 Å². The summed E-state index contributed by atoms with van der Waals surface area (Å²) in [5.74, 6) is 4.52. The monoisotopic (exact) mass is 122 g/mol. The first-order valence-corrected chi connectivity index (χ1v) is 3.89. The molecule has 2 aliphatic carbocycles. The normalized spacial score (nSPS) is 44.4. The summed E-state index contributed by atoms with van der Waals surface area (Å²) in [6.07, 6.45) is 5.68. The van der Waals surface area contributed by atoms with Crippen LogP contribution in [0.4, 0.5) is 0 Å². The average Bonchev–Trinajstić information content (AvgIpc) is 2.58. The minimum Gasteiger partial charge on any atom is -0.458 e. The summed E-state index contributed by atoms with van der Waals surface area (Å²) >= 11 is 0. The molecule has 0 bridgehead atoms. The Morgan fingerprint density at radius 2 is 1.56 bits per heavy atom. The fourth-order valence-corrected chi connectivity index (χ4v) is 2.27. The summed E-state index contributed by atoms with van der Waals surface area (Å²) in [5, 5.41) is 0. The van der Waals surface area contributed by atoms with Crippen LogP contribution in [-0.4, -0.2) is 0 Å². The molecule has 0 radical (unpaired) electrons. The van der Waals surface area contributed by atoms with Gasteiger partial charge in [-0.1, -0.05) is 12.8 Å². The van der Waals surface area contributed by atoms with E-state index in [-0.39, 0.29) is 0 Å². The molecule has 1 nitrogen and oxygen atoms in total. The second-order valence-corrected chi connectivity index (χ2v) is 3.33. The predicted octanol–water partition coefficient (Wildman–Crippen LogP) is 2.05. The van der Waals surface area contributed by atoms with E-state index in [4.69, 9.17) is 4.74 Å². The van der Waals surface area contributed by atoms with Gasteiger partial charge in [-0.25, -0.2) is 0 Å². The van der Waals surface area contributed by atoms with Crippen LogP contribution in [0.5, 0.6) is 0 Å². The third kappa shape index (κ3) is 0.384. The number of allylic oxidation sites excluding steroid dienone is 2. The first-order valence-electron chi connectivity index (χ1n) is 3.89. The molecule has 1 aliphatic heterocycles. The van der Waals surface area contributed by atoms with Gasteiger partial charge in [-0.15, -0.1) is 0 Å². The highest BCUT2D eigenvalue weighted by Gasteiger charge is 2.54. The van der Waals surface area contributed by atoms with Crippen molar-refractivity contribution in [2.24, 2.45) is 11.8 Å². The van der Waals surface area contributed by atoms with E-state index in [2.05, 4.69) is 0 Å². The Labute approximate surface area is 54.7 Å². The molecule has 0 spiro atoms. The molecule has 1 heterocycles. The largest absolute Gasteiger partial charge is 0.458 e. The standard InChI is InChI=1S/C8H10O/c1-2-4-6-5(3-1)7-8(6)9-7/h5-6H,1-4H2. The third-order valence-corrected chi connectivity index (χ3v) is 2.86. The van der Waals surface area contributed by atoms with Crippen molar-refractivity contribution in [2.45, 2.75) is 25.7 Å². The average molecular weight is 122 g/mol. The molecule has 1 heteroatoms. The number of hydrogen-bond donors (Lipinski definition) is 0. The molecule has 1 saturated carbocycles. The number of rotatable bonds is 0. The van der Waals surface area contributed by atoms with Crippen molar-refractivity contribution in [2.75, 3.05) is 0 Å². The molecular formula is C8H10O. The lowest BCUT2D eigenvalue weighted by atomic mass is 9.72. The molecule has 48 valence electrons. The zero-order valence-electron chi connectivity index (χ0n) is 5.39. The van der Waals surface area contributed by atoms with E-state index >= 15 is 0 Å². The molecule has 2 unspecified atom stereocenters. The van der Waals surface area contributed by atoms with Crippen LogP contribution in [0.1, 0.15) is 25.7 Å². The van der Waals surface area contributed by atoms with Crippen LogP contribution in [0, 0.1) is 11.8 Å². The molecule has 0 aromatic rings. The van der Waals surface area contributed by atoms with E-state index in [9.17, 15) is 0 Å². The first kappa shape index (κ1) is 4.37. The van der Waals surface area contributed by atoms with E-state index in [1.807, 2.05) is 0 Å². The molecule has 0 aromatic heterocycles. The first-order chi connectivity index (χ1) is 4.47. The van der Waals surface area contributed by atoms with Gasteiger partial charge in [0.05, 0.1) is 0 Å². The van der Waals surface area contributed by atoms with Gasteiger partial charge in [0.15, 0.2) is 0 Å². The molecule has 0 saturated heterocycles. The van der Waals surface area contributed by atoms with E-state index in [0.717, 1.165) is 11.8 Å². The zero-order valence-corrected chi connectivity index (χ0v) is 5.39. The second kappa shape index (κ2) is 1.18. The molecule has 3 rings (SSSR count). The lowest BCUT2D eigenvalue weighted by Crippen LogP contribution is -2.21. The van der Waals surface area contributed by atoms with E-state index < -0.39 is 0 Å². The van der Waals surface area contributed by atoms with Crippen LogP contribution in [0.2, 0.25) is 0 Å². The maximum atomic E-state index is 5.31. The Kier molecular flexibility index (Phi) is 0.572. The molecule has 0 amide bonds. The van der Waals surface area contributed by atoms with Crippen molar-refractivity contribution in [3.05, 3.63) is 11.5 Å². The molecular weight excluding hydrogens is 112 g/mol. The van der Waals surface area contributed by atoms with Gasteiger partial charge in [-0.05, 0) is 12.8 Å². The lowest BCUT2D eigenvalue weighted by Gasteiger charge is -2.27. The summed E-state index contributed by atoms with van der Waals surface area (Å²) in [7, 11) is 0. The number of fused-ring (bicyclic) bond motifs is 3. The van der Waals surface area contributed by atoms with Crippen molar-refractivity contribution in [3.63, 3.8) is 0 Å². The van der Waals surface area contributed by atoms with Crippen molar-refractivity contribution in [1.82, 2.24) is 0 Å². The van der Waals surface area contributed by atoms with Gasteiger partial charge in [0.2, 0.25) is 0 Å². The Balaban J connectivity index is 1.91. The molecule has 2 atom stereocenters. The Hall–Kier alpha value is -0.460. The quantitative estimate of drug-likeness (QED) is 0.479. The summed E-state index contributed by atoms with van der Waals surface area (Å²) in [4.78, 5) is 0. The smallest absolute Gasteiger partial charge is 0.146 e. The van der Waals surface area contributed by atoms with Crippen molar-refractivity contribution in [1.29, 1.82) is 0 Å². The summed E-state index contributed by atoms with van der Waals surface area (Å²) < 4.78 is 5.31. The molecule has 3 aliphatic rings. The molecule has 0 N–H and O–H groups in total. The highest BCUT2D eigenvalue weighted by atomic mass is 16.6. The Bertz CT molecular complexity index is 173. The van der Waals surface area contributed by atoms with Crippen LogP contribution in [0.25, 0.3) is 0 Å². The van der Waals surface area contributed by atoms with Crippen LogP contribution in [0.3, 0.4) is 0 Å². The Morgan fingerprint density at radius 1 is 1.00 bits per heavy atom. The van der Waals surface area contributed by atoms with Crippen LogP contribution in [0.15, 0.2) is 11.5 Å².